The minimum absolute atomic E-state index is 0.0677. The van der Waals surface area contributed by atoms with Crippen LogP contribution in [0.1, 0.15) is 116 Å². The van der Waals surface area contributed by atoms with Crippen molar-refractivity contribution >= 4 is 102 Å². The number of para-hydroxylation sites is 2. The first-order valence-electron chi connectivity index (χ1n) is 38.0. The van der Waals surface area contributed by atoms with E-state index in [2.05, 4.69) is 166 Å². The van der Waals surface area contributed by atoms with Gasteiger partial charge in [0.15, 0.2) is 11.3 Å². The lowest BCUT2D eigenvalue weighted by atomic mass is 9.68. The second kappa shape index (κ2) is 36.0. The highest BCUT2D eigenvalue weighted by Crippen LogP contribution is 2.46. The number of fused-ring (bicyclic) bond motifs is 2. The smallest absolute Gasteiger partial charge is 0.399 e. The van der Waals surface area contributed by atoms with Gasteiger partial charge in [-0.2, -0.15) is 29.4 Å². The van der Waals surface area contributed by atoms with Gasteiger partial charge in [0.25, 0.3) is 0 Å². The molecular formula is C78H120BIN12O10Si4. The lowest BCUT2D eigenvalue weighted by Gasteiger charge is -2.37. The van der Waals surface area contributed by atoms with Gasteiger partial charge in [-0.15, -0.1) is 0 Å². The summed E-state index contributed by atoms with van der Waals surface area (Å²) in [5, 5.41) is 38.7. The molecule has 0 spiro atoms. The van der Waals surface area contributed by atoms with Crippen molar-refractivity contribution in [3.05, 3.63) is 125 Å². The molecule has 578 valence electrons. The molecule has 0 radical (unpaired) electrons. The third-order valence-electron chi connectivity index (χ3n) is 21.4. The van der Waals surface area contributed by atoms with Gasteiger partial charge in [0.05, 0.1) is 68.8 Å². The summed E-state index contributed by atoms with van der Waals surface area (Å²) in [5.74, 6) is 2.31. The maximum atomic E-state index is 12.5. The van der Waals surface area contributed by atoms with Gasteiger partial charge in [-0.05, 0) is 164 Å². The maximum Gasteiger partial charge on any atom is 0.498 e. The van der Waals surface area contributed by atoms with Crippen molar-refractivity contribution in [2.24, 2.45) is 10.8 Å². The average Bonchev–Trinajstić information content (AvgIpc) is 1.56. The lowest BCUT2D eigenvalue weighted by Crippen LogP contribution is -2.41. The molecule has 1 aliphatic heterocycles. The van der Waals surface area contributed by atoms with Gasteiger partial charge in [-0.25, -0.2) is 19.3 Å². The summed E-state index contributed by atoms with van der Waals surface area (Å²) < 4.78 is 45.6. The summed E-state index contributed by atoms with van der Waals surface area (Å²) >= 11 is 2.29. The van der Waals surface area contributed by atoms with E-state index in [0.29, 0.717) is 65.8 Å². The number of nitrogens with zero attached hydrogens (tertiary/aromatic N) is 12. The van der Waals surface area contributed by atoms with Crippen molar-refractivity contribution in [2.45, 2.75) is 219 Å². The number of carbonyl (C=O) groups excluding carboxylic acids is 2. The first-order chi connectivity index (χ1) is 49.9. The Balaban J connectivity index is 0.000000198. The van der Waals surface area contributed by atoms with E-state index < -0.39 is 43.1 Å². The van der Waals surface area contributed by atoms with Crippen LogP contribution in [0, 0.1) is 14.4 Å². The number of hydrogen-bond acceptors (Lipinski definition) is 18. The number of aromatic nitrogens is 10. The minimum atomic E-state index is -1.26. The van der Waals surface area contributed by atoms with E-state index in [9.17, 15) is 19.8 Å². The number of aliphatic hydroxyl groups is 2. The van der Waals surface area contributed by atoms with Crippen LogP contribution in [0.4, 0.5) is 11.6 Å². The Morgan fingerprint density at radius 2 is 0.896 bits per heavy atom. The highest BCUT2D eigenvalue weighted by atomic mass is 127. The van der Waals surface area contributed by atoms with E-state index in [-0.39, 0.29) is 54.9 Å². The topological polar surface area (TPSA) is 232 Å². The molecule has 0 amide bonds. The van der Waals surface area contributed by atoms with E-state index >= 15 is 0 Å². The molecule has 3 aliphatic rings. The number of halogens is 1. The van der Waals surface area contributed by atoms with Crippen molar-refractivity contribution < 1.29 is 48.1 Å². The Labute approximate surface area is 647 Å². The van der Waals surface area contributed by atoms with E-state index in [4.69, 9.17) is 43.3 Å². The molecule has 0 atom stereocenters. The third kappa shape index (κ3) is 22.6. The molecular weight excluding hydrogens is 1510 g/mol. The number of ether oxygens (including phenoxy) is 4. The normalized spacial score (nSPS) is 19.8. The Morgan fingerprint density at radius 1 is 0.528 bits per heavy atom. The molecule has 106 heavy (non-hydrogen) atoms. The summed E-state index contributed by atoms with van der Waals surface area (Å²) in [5.41, 5.74) is 6.39. The molecule has 3 fully saturated rings. The van der Waals surface area contributed by atoms with E-state index in [1.165, 1.54) is 0 Å². The fourth-order valence-corrected chi connectivity index (χ4v) is 16.5. The Hall–Kier alpha value is -5.62. The SMILES string of the molecule is CC(=O)C1(CO)CCC(c2cc(N(COCC[Si](C)(C)C)COCC[Si](C)(C)C)n3ncc(-c4cnn(-c5ccccc5)c4)c3n2)CC1.CC(=O)C1(CO)CCC(c2cc(N(COCC[Si](C)(C)C)COCC[Si](C)(C)C)n3ncc(I)c3n2)CC1.CC1(C)OB(c2cnn(-c3ccccc3)c2)OC1(C)C. The molecule has 28 heteroatoms. The summed E-state index contributed by atoms with van der Waals surface area (Å²) in [4.78, 5) is 39.4. The van der Waals surface area contributed by atoms with Crippen molar-refractivity contribution in [3.8, 4) is 22.5 Å². The second-order valence-electron chi connectivity index (χ2n) is 35.3. The van der Waals surface area contributed by atoms with Crippen LogP contribution in [0.15, 0.2) is 110 Å². The van der Waals surface area contributed by atoms with Gasteiger partial charge >= 0.3 is 7.12 Å². The molecule has 22 nitrogen and oxygen atoms in total. The number of hydrogen-bond donors (Lipinski definition) is 2. The monoisotopic (exact) mass is 1630 g/mol. The maximum absolute atomic E-state index is 12.5. The first-order valence-corrected chi connectivity index (χ1v) is 53.9. The van der Waals surface area contributed by atoms with Crippen LogP contribution in [0.2, 0.25) is 103 Å². The molecule has 0 bridgehead atoms. The van der Waals surface area contributed by atoms with E-state index in [0.717, 1.165) is 129 Å². The number of anilines is 2. The number of rotatable bonds is 32. The zero-order valence-corrected chi connectivity index (χ0v) is 72.7. The number of benzene rings is 2. The molecule has 0 unspecified atom stereocenters. The van der Waals surface area contributed by atoms with Crippen LogP contribution in [0.3, 0.4) is 0 Å². The van der Waals surface area contributed by atoms with Crippen LogP contribution < -0.4 is 15.3 Å². The van der Waals surface area contributed by atoms with E-state index in [1.54, 1.807) is 20.0 Å². The summed E-state index contributed by atoms with van der Waals surface area (Å²) in [6, 6.07) is 28.7. The van der Waals surface area contributed by atoms with Gasteiger partial charge in [0.1, 0.15) is 50.1 Å². The number of carbonyl (C=O) groups is 2. The van der Waals surface area contributed by atoms with Gasteiger partial charge in [-0.1, -0.05) is 115 Å². The predicted octanol–water partition coefficient (Wildman–Crippen LogP) is 15.4. The summed E-state index contributed by atoms with van der Waals surface area (Å²) in [6.07, 6.45) is 17.2. The molecule has 7 heterocycles. The number of ketones is 2. The lowest BCUT2D eigenvalue weighted by molar-refractivity contribution is -0.132. The Kier molecular flexibility index (Phi) is 28.7. The standard InChI is InChI=1S/C36H54N6O4Si2.C27H47IN4O4Si2.C15H19BN2O2/c1-28(44)36(25-43)15-13-29(14-16-36)33-21-34(40(26-45-17-19-47(2,3)4)27-46-18-20-48(5,6)7)42-35(39-33)32(23-38-42)30-22-37-41(24-30)31-11-9-8-10-12-31;1-21(34)27(18-33)10-8-22(9-11-27)24-16-25(32-26(30-24)23(28)17-29-32)31(19-35-12-14-37(2,3)4)20-36-13-15-38(5,6)7;1-14(2)15(3,4)20-16(19-14)12-10-17-18(11-12)13-8-6-5-7-9-13/h8-12,21-24,29,43H,13-20,25-27H2,1-7H3;16-17,22,33H,8-15,18-20H2,1-7H3;5-11H,1-4H3. The van der Waals surface area contributed by atoms with Crippen molar-refractivity contribution in [3.63, 3.8) is 0 Å². The van der Waals surface area contributed by atoms with Gasteiger partial charge < -0.3 is 48.3 Å². The number of aliphatic hydroxyl groups excluding tert-OH is 2. The molecule has 11 rings (SSSR count). The number of Topliss-reactive ketones (excluding diaryl/α,β-unsaturated/α-hetero) is 2. The quantitative estimate of drug-likeness (QED) is 0.0173. The summed E-state index contributed by atoms with van der Waals surface area (Å²) in [6.45, 7) is 44.0. The van der Waals surface area contributed by atoms with Crippen molar-refractivity contribution in [1.82, 2.24) is 48.8 Å². The molecule has 2 saturated carbocycles. The minimum Gasteiger partial charge on any atom is -0.399 e. The van der Waals surface area contributed by atoms with Crippen molar-refractivity contribution in [1.29, 1.82) is 0 Å². The van der Waals surface area contributed by atoms with Gasteiger partial charge in [0, 0.05) is 129 Å². The zero-order chi connectivity index (χ0) is 77.0. The fraction of sp³-hybridized carbons (Fsp3) is 0.590. The predicted molar refractivity (Wildman–Crippen MR) is 444 cm³/mol. The van der Waals surface area contributed by atoms with Crippen LogP contribution in [-0.2, 0) is 37.8 Å². The average molecular weight is 1640 g/mol. The molecule has 2 aliphatic carbocycles. The van der Waals surface area contributed by atoms with Crippen LogP contribution in [0.25, 0.3) is 33.8 Å². The van der Waals surface area contributed by atoms with Crippen LogP contribution in [-0.4, -0.2) is 188 Å². The van der Waals surface area contributed by atoms with Crippen molar-refractivity contribution in [2.75, 3.05) is 76.4 Å². The van der Waals surface area contributed by atoms with Crippen LogP contribution in [0.5, 0.6) is 0 Å². The molecule has 6 aromatic heterocycles. The zero-order valence-electron chi connectivity index (χ0n) is 66.6. The largest absolute Gasteiger partial charge is 0.498 e. The second-order valence-corrected chi connectivity index (χ2v) is 58.9. The highest BCUT2D eigenvalue weighted by Gasteiger charge is 2.52. The Bertz CT molecular complexity index is 4070. The third-order valence-corrected chi connectivity index (χ3v) is 29.0. The fourth-order valence-electron chi connectivity index (χ4n) is 13.0. The highest BCUT2D eigenvalue weighted by molar-refractivity contribution is 14.1. The van der Waals surface area contributed by atoms with E-state index in [1.807, 2.05) is 110 Å². The molecule has 1 saturated heterocycles. The first kappa shape index (κ1) is 84.4. The molecule has 2 N–H and O–H groups in total. The van der Waals surface area contributed by atoms with Gasteiger partial charge in [-0.3, -0.25) is 9.59 Å². The Morgan fingerprint density at radius 3 is 1.28 bits per heavy atom. The molecule has 2 aromatic carbocycles. The van der Waals surface area contributed by atoms with Crippen LogP contribution >= 0.6 is 22.6 Å². The van der Waals surface area contributed by atoms with Gasteiger partial charge in [0.2, 0.25) is 0 Å². The summed E-state index contributed by atoms with van der Waals surface area (Å²) in [7, 11) is -5.28. The molecule has 8 aromatic rings.